The average Bonchev–Trinajstić information content (AvgIpc) is 3.30. The highest BCUT2D eigenvalue weighted by atomic mass is 32.2. The Morgan fingerprint density at radius 3 is 2.70 bits per heavy atom. The Hall–Kier alpha value is -1.04. The minimum absolute atomic E-state index is 0.122. The lowest BCUT2D eigenvalue weighted by Crippen LogP contribution is -2.46. The van der Waals surface area contributed by atoms with Crippen molar-refractivity contribution in [1.29, 1.82) is 0 Å². The van der Waals surface area contributed by atoms with E-state index in [2.05, 4.69) is 33.9 Å². The van der Waals surface area contributed by atoms with Crippen molar-refractivity contribution in [3.63, 3.8) is 0 Å². The predicted octanol–water partition coefficient (Wildman–Crippen LogP) is 3.11. The average molecular weight is 337 g/mol. The number of nitrogens with one attached hydrogen (secondary N) is 1. The summed E-state index contributed by atoms with van der Waals surface area (Å²) in [4.78, 5) is 12.5. The summed E-state index contributed by atoms with van der Waals surface area (Å²) in [6.07, 6.45) is 6.02. The van der Waals surface area contributed by atoms with Gasteiger partial charge in [0.15, 0.2) is 5.16 Å². The molecule has 6 heteroatoms. The third-order valence-corrected chi connectivity index (χ3v) is 6.63. The van der Waals surface area contributed by atoms with Crippen LogP contribution in [0.1, 0.15) is 64.6 Å². The molecule has 0 bridgehead atoms. The van der Waals surface area contributed by atoms with Crippen molar-refractivity contribution in [2.45, 2.75) is 75.2 Å². The molecule has 0 radical (unpaired) electrons. The lowest BCUT2D eigenvalue weighted by molar-refractivity contribution is -0.121. The third-order valence-electron chi connectivity index (χ3n) is 5.50. The molecular formula is C17H28N4OS. The van der Waals surface area contributed by atoms with Crippen LogP contribution in [0.2, 0.25) is 0 Å². The van der Waals surface area contributed by atoms with E-state index < -0.39 is 0 Å². The lowest BCUT2D eigenvalue weighted by Gasteiger charge is -2.35. The van der Waals surface area contributed by atoms with Gasteiger partial charge in [0, 0.05) is 19.0 Å². The quantitative estimate of drug-likeness (QED) is 0.839. The molecule has 1 heterocycles. The molecule has 4 atom stereocenters. The minimum atomic E-state index is -0.144. The van der Waals surface area contributed by atoms with Gasteiger partial charge in [0.1, 0.15) is 5.82 Å². The maximum Gasteiger partial charge on any atom is 0.233 e. The Morgan fingerprint density at radius 1 is 1.26 bits per heavy atom. The van der Waals surface area contributed by atoms with Crippen LogP contribution in [0, 0.1) is 11.8 Å². The van der Waals surface area contributed by atoms with Crippen molar-refractivity contribution in [3.8, 4) is 0 Å². The molecule has 0 aliphatic heterocycles. The third kappa shape index (κ3) is 3.73. The van der Waals surface area contributed by atoms with Crippen LogP contribution in [0.25, 0.3) is 0 Å². The summed E-state index contributed by atoms with van der Waals surface area (Å²) in [5.41, 5.74) is 0. The molecule has 0 unspecified atom stereocenters. The molecule has 1 amide bonds. The summed E-state index contributed by atoms with van der Waals surface area (Å²) < 4.78 is 2.05. The molecule has 1 aromatic heterocycles. The second kappa shape index (κ2) is 6.83. The molecular weight excluding hydrogens is 308 g/mol. The molecule has 2 fully saturated rings. The molecule has 128 valence electrons. The zero-order valence-corrected chi connectivity index (χ0v) is 15.4. The van der Waals surface area contributed by atoms with Gasteiger partial charge < -0.3 is 9.88 Å². The second-order valence-electron chi connectivity index (χ2n) is 7.32. The Bertz CT molecular complexity index is 569. The largest absolute Gasteiger partial charge is 0.352 e. The van der Waals surface area contributed by atoms with Crippen LogP contribution in [0.4, 0.5) is 0 Å². The van der Waals surface area contributed by atoms with Crippen LogP contribution < -0.4 is 5.32 Å². The summed E-state index contributed by atoms with van der Waals surface area (Å²) in [6.45, 7) is 6.51. The van der Waals surface area contributed by atoms with Gasteiger partial charge in [0.2, 0.25) is 5.91 Å². The van der Waals surface area contributed by atoms with Crippen LogP contribution in [0.3, 0.4) is 0 Å². The summed E-state index contributed by atoms with van der Waals surface area (Å²) in [5, 5.41) is 12.5. The molecule has 0 saturated heterocycles. The van der Waals surface area contributed by atoms with Gasteiger partial charge in [0.05, 0.1) is 5.25 Å². The number of carbonyl (C=O) groups is 1. The first-order valence-corrected chi connectivity index (χ1v) is 9.71. The molecule has 1 N–H and O–H groups in total. The Balaban J connectivity index is 1.57. The van der Waals surface area contributed by atoms with Crippen LogP contribution in [-0.4, -0.2) is 32.0 Å². The van der Waals surface area contributed by atoms with Crippen molar-refractivity contribution in [2.75, 3.05) is 0 Å². The van der Waals surface area contributed by atoms with Gasteiger partial charge in [-0.2, -0.15) is 0 Å². The van der Waals surface area contributed by atoms with Crippen LogP contribution in [0.15, 0.2) is 5.16 Å². The zero-order chi connectivity index (χ0) is 16.6. The van der Waals surface area contributed by atoms with E-state index in [0.29, 0.717) is 23.8 Å². The maximum absolute atomic E-state index is 12.5. The number of nitrogens with zero attached hydrogens (tertiary/aromatic N) is 3. The van der Waals surface area contributed by atoms with E-state index in [1.807, 2.05) is 14.0 Å². The van der Waals surface area contributed by atoms with Crippen LogP contribution in [0.5, 0.6) is 0 Å². The van der Waals surface area contributed by atoms with Gasteiger partial charge in [0.25, 0.3) is 0 Å². The van der Waals surface area contributed by atoms with Gasteiger partial charge in [-0.1, -0.05) is 38.5 Å². The van der Waals surface area contributed by atoms with Crippen molar-refractivity contribution < 1.29 is 4.79 Å². The summed E-state index contributed by atoms with van der Waals surface area (Å²) >= 11 is 1.51. The fourth-order valence-corrected chi connectivity index (χ4v) is 4.25. The molecule has 0 spiro atoms. The fraction of sp³-hybridized carbons (Fsp3) is 0.824. The molecule has 2 aliphatic carbocycles. The van der Waals surface area contributed by atoms with Crippen LogP contribution >= 0.6 is 11.8 Å². The highest BCUT2D eigenvalue weighted by Gasteiger charge is 2.31. The Labute approximate surface area is 143 Å². The van der Waals surface area contributed by atoms with Crippen molar-refractivity contribution in [2.24, 2.45) is 18.9 Å². The van der Waals surface area contributed by atoms with E-state index in [4.69, 9.17) is 0 Å². The van der Waals surface area contributed by atoms with Crippen molar-refractivity contribution >= 4 is 17.7 Å². The lowest BCUT2D eigenvalue weighted by atomic mass is 9.78. The van der Waals surface area contributed by atoms with Gasteiger partial charge >= 0.3 is 0 Å². The predicted molar refractivity (Wildman–Crippen MR) is 92.4 cm³/mol. The zero-order valence-electron chi connectivity index (χ0n) is 14.6. The first-order chi connectivity index (χ1) is 11.0. The Morgan fingerprint density at radius 2 is 2.00 bits per heavy atom. The number of thioether (sulfide) groups is 1. The Kier molecular flexibility index (Phi) is 4.99. The van der Waals surface area contributed by atoms with Gasteiger partial charge in [-0.3, -0.25) is 4.79 Å². The topological polar surface area (TPSA) is 59.8 Å². The molecule has 23 heavy (non-hydrogen) atoms. The number of rotatable bonds is 5. The maximum atomic E-state index is 12.5. The number of hydrogen-bond donors (Lipinski definition) is 1. The summed E-state index contributed by atoms with van der Waals surface area (Å²) in [7, 11) is 2.01. The first kappa shape index (κ1) is 16.8. The monoisotopic (exact) mass is 336 g/mol. The molecule has 1 aromatic rings. The summed E-state index contributed by atoms with van der Waals surface area (Å²) in [5.74, 6) is 3.01. The smallest absolute Gasteiger partial charge is 0.233 e. The van der Waals surface area contributed by atoms with E-state index in [1.165, 1.54) is 37.4 Å². The molecule has 3 rings (SSSR count). The molecule has 5 nitrogen and oxygen atoms in total. The number of aromatic nitrogens is 3. The van der Waals surface area contributed by atoms with Gasteiger partial charge in [-0.25, -0.2) is 0 Å². The van der Waals surface area contributed by atoms with E-state index in [0.717, 1.165) is 17.4 Å². The molecule has 0 aromatic carbocycles. The second-order valence-corrected chi connectivity index (χ2v) is 8.62. The normalized spacial score (nSPS) is 29.3. The molecule has 2 aliphatic rings. The van der Waals surface area contributed by atoms with E-state index in [-0.39, 0.29) is 11.2 Å². The number of hydrogen-bond acceptors (Lipinski definition) is 4. The van der Waals surface area contributed by atoms with E-state index in [1.54, 1.807) is 0 Å². The van der Waals surface area contributed by atoms with Crippen molar-refractivity contribution in [1.82, 2.24) is 20.1 Å². The SMILES string of the molecule is C[C@@H]1[C@H](C)CCC[C@@H]1NC(=O)[C@@H](C)Sc1nnc(C2CC2)n1C. The highest BCUT2D eigenvalue weighted by molar-refractivity contribution is 8.00. The number of amides is 1. The first-order valence-electron chi connectivity index (χ1n) is 8.83. The minimum Gasteiger partial charge on any atom is -0.352 e. The van der Waals surface area contributed by atoms with Gasteiger partial charge in [-0.05, 0) is 38.0 Å². The van der Waals surface area contributed by atoms with Crippen molar-refractivity contribution in [3.05, 3.63) is 5.82 Å². The highest BCUT2D eigenvalue weighted by Crippen LogP contribution is 2.39. The number of carbonyl (C=O) groups excluding carboxylic acids is 1. The summed E-state index contributed by atoms with van der Waals surface area (Å²) in [6, 6.07) is 0.316. The molecule has 2 saturated carbocycles. The van der Waals surface area contributed by atoms with E-state index in [9.17, 15) is 4.79 Å². The fourth-order valence-electron chi connectivity index (χ4n) is 3.42. The standard InChI is InChI=1S/C17H28N4OS/c1-10-6-5-7-14(11(10)2)18-16(22)12(3)23-17-20-19-15(21(17)4)13-8-9-13/h10-14H,5-9H2,1-4H3,(H,18,22)/t10-,11-,12-,14+/m1/s1. The van der Waals surface area contributed by atoms with Crippen LogP contribution in [-0.2, 0) is 11.8 Å². The van der Waals surface area contributed by atoms with E-state index >= 15 is 0 Å². The van der Waals surface area contributed by atoms with Gasteiger partial charge in [-0.15, -0.1) is 10.2 Å².